The summed E-state index contributed by atoms with van der Waals surface area (Å²) in [6.45, 7) is 2.27. The maximum Gasteiger partial charge on any atom is 0.233 e. The van der Waals surface area contributed by atoms with Crippen LogP contribution in [0.1, 0.15) is 58.3 Å². The van der Waals surface area contributed by atoms with Crippen molar-refractivity contribution in [2.75, 3.05) is 0 Å². The second-order valence-corrected chi connectivity index (χ2v) is 6.46. The molecule has 2 unspecified atom stereocenters. The van der Waals surface area contributed by atoms with E-state index < -0.39 is 0 Å². The van der Waals surface area contributed by atoms with Crippen molar-refractivity contribution in [2.45, 2.75) is 64.3 Å². The highest BCUT2D eigenvalue weighted by atomic mass is 16.2. The van der Waals surface area contributed by atoms with E-state index >= 15 is 0 Å². The van der Waals surface area contributed by atoms with Gasteiger partial charge in [-0.25, -0.2) is 0 Å². The topological polar surface area (TPSA) is 37.4 Å². The normalized spacial score (nSPS) is 41.1. The van der Waals surface area contributed by atoms with Gasteiger partial charge in [0.25, 0.3) is 0 Å². The van der Waals surface area contributed by atoms with E-state index in [0.29, 0.717) is 0 Å². The van der Waals surface area contributed by atoms with E-state index in [0.717, 1.165) is 57.3 Å². The van der Waals surface area contributed by atoms with Crippen LogP contribution >= 0.6 is 0 Å². The summed E-state index contributed by atoms with van der Waals surface area (Å²) in [5.41, 5.74) is 0. The maximum atomic E-state index is 12.4. The van der Waals surface area contributed by atoms with E-state index in [4.69, 9.17) is 0 Å². The first-order valence-electron chi connectivity index (χ1n) is 7.55. The summed E-state index contributed by atoms with van der Waals surface area (Å²) in [5, 5.41) is 0. The van der Waals surface area contributed by atoms with Gasteiger partial charge in [-0.15, -0.1) is 0 Å². The number of hydrogen-bond acceptors (Lipinski definition) is 2. The Balaban J connectivity index is 1.76. The molecule has 2 aliphatic carbocycles. The van der Waals surface area contributed by atoms with Crippen molar-refractivity contribution in [3.63, 3.8) is 0 Å². The fourth-order valence-electron chi connectivity index (χ4n) is 4.05. The average Bonchev–Trinajstić information content (AvgIpc) is 2.64. The van der Waals surface area contributed by atoms with Crippen LogP contribution in [0.2, 0.25) is 0 Å². The van der Waals surface area contributed by atoms with Gasteiger partial charge in [-0.1, -0.05) is 19.8 Å². The number of imide groups is 1. The Hall–Kier alpha value is -0.860. The Kier molecular flexibility index (Phi) is 3.16. The maximum absolute atomic E-state index is 12.4. The Morgan fingerprint density at radius 1 is 0.833 bits per heavy atom. The van der Waals surface area contributed by atoms with Crippen molar-refractivity contribution in [1.29, 1.82) is 0 Å². The minimum atomic E-state index is 0.0330. The molecular formula is C15H23NO2. The van der Waals surface area contributed by atoms with Gasteiger partial charge in [-0.05, 0) is 44.4 Å². The highest BCUT2D eigenvalue weighted by Gasteiger charge is 2.50. The van der Waals surface area contributed by atoms with E-state index in [1.165, 1.54) is 0 Å². The minimum Gasteiger partial charge on any atom is -0.279 e. The smallest absolute Gasteiger partial charge is 0.233 e. The predicted octanol–water partition coefficient (Wildman–Crippen LogP) is 2.74. The second kappa shape index (κ2) is 4.67. The lowest BCUT2D eigenvalue weighted by Gasteiger charge is -2.32. The molecule has 2 amide bonds. The number of nitrogens with zero attached hydrogens (tertiary/aromatic N) is 1. The Morgan fingerprint density at radius 2 is 1.33 bits per heavy atom. The van der Waals surface area contributed by atoms with Gasteiger partial charge in [0.2, 0.25) is 11.8 Å². The molecule has 0 aromatic heterocycles. The van der Waals surface area contributed by atoms with Crippen LogP contribution in [-0.4, -0.2) is 22.8 Å². The molecule has 0 aromatic carbocycles. The molecule has 18 heavy (non-hydrogen) atoms. The summed E-state index contributed by atoms with van der Waals surface area (Å²) in [5.74, 6) is 1.14. The van der Waals surface area contributed by atoms with Crippen LogP contribution in [0, 0.1) is 17.8 Å². The van der Waals surface area contributed by atoms with Gasteiger partial charge in [0.15, 0.2) is 0 Å². The zero-order valence-electron chi connectivity index (χ0n) is 11.2. The van der Waals surface area contributed by atoms with Gasteiger partial charge in [0, 0.05) is 6.04 Å². The van der Waals surface area contributed by atoms with Crippen molar-refractivity contribution in [1.82, 2.24) is 4.90 Å². The van der Waals surface area contributed by atoms with Gasteiger partial charge < -0.3 is 0 Å². The molecule has 3 aliphatic rings. The zero-order chi connectivity index (χ0) is 12.7. The van der Waals surface area contributed by atoms with Crippen LogP contribution in [0.4, 0.5) is 0 Å². The standard InChI is InChI=1S/C15H23NO2/c1-10-6-8-11(9-7-10)16-14(17)12-4-2-3-5-13(12)15(16)18/h10-13H,2-9H2,1H3. The third-order valence-electron chi connectivity index (χ3n) is 5.23. The first-order valence-corrected chi connectivity index (χ1v) is 7.55. The lowest BCUT2D eigenvalue weighted by Crippen LogP contribution is -2.42. The molecule has 0 N–H and O–H groups in total. The zero-order valence-corrected chi connectivity index (χ0v) is 11.2. The van der Waals surface area contributed by atoms with Crippen LogP contribution in [0.5, 0.6) is 0 Å². The number of carbonyl (C=O) groups excluding carboxylic acids is 2. The predicted molar refractivity (Wildman–Crippen MR) is 68.7 cm³/mol. The van der Waals surface area contributed by atoms with Crippen LogP contribution in [0.15, 0.2) is 0 Å². The van der Waals surface area contributed by atoms with E-state index in [1.54, 1.807) is 4.90 Å². The molecule has 3 fully saturated rings. The highest BCUT2D eigenvalue weighted by molar-refractivity contribution is 6.05. The van der Waals surface area contributed by atoms with E-state index in [9.17, 15) is 9.59 Å². The van der Waals surface area contributed by atoms with Crippen molar-refractivity contribution in [3.05, 3.63) is 0 Å². The quantitative estimate of drug-likeness (QED) is 0.670. The largest absolute Gasteiger partial charge is 0.279 e. The summed E-state index contributed by atoms with van der Waals surface area (Å²) in [7, 11) is 0. The van der Waals surface area contributed by atoms with E-state index in [2.05, 4.69) is 6.92 Å². The number of carbonyl (C=O) groups is 2. The Morgan fingerprint density at radius 3 is 1.83 bits per heavy atom. The first kappa shape index (κ1) is 12.2. The minimum absolute atomic E-state index is 0.0330. The van der Waals surface area contributed by atoms with E-state index in [-0.39, 0.29) is 29.7 Å². The third-order valence-corrected chi connectivity index (χ3v) is 5.23. The molecule has 100 valence electrons. The molecule has 0 aromatic rings. The van der Waals surface area contributed by atoms with Crippen molar-refractivity contribution in [2.24, 2.45) is 17.8 Å². The number of rotatable bonds is 1. The molecule has 3 nitrogen and oxygen atoms in total. The highest BCUT2D eigenvalue weighted by Crippen LogP contribution is 2.41. The monoisotopic (exact) mass is 249 g/mol. The lowest BCUT2D eigenvalue weighted by atomic mass is 9.81. The van der Waals surface area contributed by atoms with Crippen LogP contribution < -0.4 is 0 Å². The number of likely N-dealkylation sites (tertiary alicyclic amines) is 1. The molecule has 0 spiro atoms. The van der Waals surface area contributed by atoms with E-state index in [1.807, 2.05) is 0 Å². The summed E-state index contributed by atoms with van der Waals surface area (Å²) in [6, 6.07) is 0.215. The summed E-state index contributed by atoms with van der Waals surface area (Å²) in [6.07, 6.45) is 8.50. The molecule has 2 saturated carbocycles. The molecule has 0 radical (unpaired) electrons. The fraction of sp³-hybridized carbons (Fsp3) is 0.867. The lowest BCUT2D eigenvalue weighted by molar-refractivity contribution is -0.143. The molecule has 3 heteroatoms. The van der Waals surface area contributed by atoms with Gasteiger partial charge in [0.05, 0.1) is 11.8 Å². The molecule has 0 bridgehead atoms. The molecular weight excluding hydrogens is 226 g/mol. The van der Waals surface area contributed by atoms with Gasteiger partial charge in [0.1, 0.15) is 0 Å². The van der Waals surface area contributed by atoms with Gasteiger partial charge in [-0.2, -0.15) is 0 Å². The van der Waals surface area contributed by atoms with Crippen molar-refractivity contribution < 1.29 is 9.59 Å². The molecule has 1 saturated heterocycles. The van der Waals surface area contributed by atoms with Crippen LogP contribution in [-0.2, 0) is 9.59 Å². The fourth-order valence-corrected chi connectivity index (χ4v) is 4.05. The number of fused-ring (bicyclic) bond motifs is 1. The first-order chi connectivity index (χ1) is 8.68. The molecule has 1 heterocycles. The van der Waals surface area contributed by atoms with Crippen LogP contribution in [0.3, 0.4) is 0 Å². The second-order valence-electron chi connectivity index (χ2n) is 6.46. The molecule has 1 aliphatic heterocycles. The van der Waals surface area contributed by atoms with Crippen molar-refractivity contribution in [3.8, 4) is 0 Å². The summed E-state index contributed by atoms with van der Waals surface area (Å²) < 4.78 is 0. The summed E-state index contributed by atoms with van der Waals surface area (Å²) in [4.78, 5) is 26.5. The Bertz CT molecular complexity index is 334. The SMILES string of the molecule is CC1CCC(N2C(=O)C3CCCCC3C2=O)CC1. The number of hydrogen-bond donors (Lipinski definition) is 0. The van der Waals surface area contributed by atoms with Crippen LogP contribution in [0.25, 0.3) is 0 Å². The number of amides is 2. The van der Waals surface area contributed by atoms with Gasteiger partial charge in [-0.3, -0.25) is 14.5 Å². The summed E-state index contributed by atoms with van der Waals surface area (Å²) >= 11 is 0. The molecule has 2 atom stereocenters. The third kappa shape index (κ3) is 1.88. The van der Waals surface area contributed by atoms with Gasteiger partial charge >= 0.3 is 0 Å². The molecule has 3 rings (SSSR count). The van der Waals surface area contributed by atoms with Crippen molar-refractivity contribution >= 4 is 11.8 Å². The average molecular weight is 249 g/mol. The Labute approximate surface area is 109 Å².